The van der Waals surface area contributed by atoms with E-state index in [0.29, 0.717) is 34.0 Å². The van der Waals surface area contributed by atoms with Gasteiger partial charge in [0.1, 0.15) is 11.5 Å². The van der Waals surface area contributed by atoms with Gasteiger partial charge >= 0.3 is 11.9 Å². The highest BCUT2D eigenvalue weighted by Crippen LogP contribution is 2.25. The number of esters is 2. The molecular formula is C24H16N2O6. The third kappa shape index (κ3) is 5.29. The second-order valence-corrected chi connectivity index (χ2v) is 6.66. The number of carbonyl (C=O) groups excluding carboxylic acids is 4. The molecule has 0 saturated carbocycles. The minimum Gasteiger partial charge on any atom is -0.423 e. The van der Waals surface area contributed by atoms with E-state index in [0.717, 1.165) is 0 Å². The maximum Gasteiger partial charge on any atom is 0.343 e. The minimum atomic E-state index is -0.613. The van der Waals surface area contributed by atoms with Crippen LogP contribution in [0, 0.1) is 13.8 Å². The predicted octanol–water partition coefficient (Wildman–Crippen LogP) is 4.68. The summed E-state index contributed by atoms with van der Waals surface area (Å²) in [6.07, 6.45) is 2.92. The first kappa shape index (κ1) is 22.1. The van der Waals surface area contributed by atoms with Crippen LogP contribution in [0.25, 0.3) is 0 Å². The van der Waals surface area contributed by atoms with Gasteiger partial charge in [0.25, 0.3) is 0 Å². The summed E-state index contributed by atoms with van der Waals surface area (Å²) in [4.78, 5) is 52.6. The lowest BCUT2D eigenvalue weighted by molar-refractivity contribution is 0.0720. The molecule has 0 saturated heterocycles. The number of aryl methyl sites for hydroxylation is 2. The van der Waals surface area contributed by atoms with Crippen molar-refractivity contribution in [3.8, 4) is 11.5 Å². The van der Waals surface area contributed by atoms with Gasteiger partial charge in [-0.3, -0.25) is 0 Å². The van der Waals surface area contributed by atoms with Gasteiger partial charge in [-0.25, -0.2) is 19.2 Å². The third-order valence-corrected chi connectivity index (χ3v) is 4.45. The van der Waals surface area contributed by atoms with E-state index in [1.165, 1.54) is 48.6 Å². The molecule has 0 spiro atoms. The van der Waals surface area contributed by atoms with E-state index >= 15 is 0 Å². The number of carbonyl (C=O) groups is 2. The molecule has 32 heavy (non-hydrogen) atoms. The van der Waals surface area contributed by atoms with Gasteiger partial charge < -0.3 is 9.47 Å². The van der Waals surface area contributed by atoms with Crippen LogP contribution in [0.3, 0.4) is 0 Å². The van der Waals surface area contributed by atoms with Crippen molar-refractivity contribution in [3.63, 3.8) is 0 Å². The van der Waals surface area contributed by atoms with Gasteiger partial charge in [-0.15, -0.1) is 0 Å². The predicted molar refractivity (Wildman–Crippen MR) is 114 cm³/mol. The van der Waals surface area contributed by atoms with E-state index in [1.807, 2.05) is 0 Å². The lowest BCUT2D eigenvalue weighted by Crippen LogP contribution is -2.11. The van der Waals surface area contributed by atoms with Crippen molar-refractivity contribution in [2.75, 3.05) is 0 Å². The summed E-state index contributed by atoms with van der Waals surface area (Å²) in [7, 11) is 0. The van der Waals surface area contributed by atoms with Gasteiger partial charge in [-0.2, -0.15) is 9.98 Å². The molecule has 0 aliphatic carbocycles. The minimum absolute atomic E-state index is 0.237. The zero-order valence-electron chi connectivity index (χ0n) is 17.1. The van der Waals surface area contributed by atoms with Crippen molar-refractivity contribution >= 4 is 35.5 Å². The second kappa shape index (κ2) is 9.91. The van der Waals surface area contributed by atoms with Crippen LogP contribution in [-0.2, 0) is 9.59 Å². The Balaban J connectivity index is 1.67. The first-order chi connectivity index (χ1) is 15.4. The normalized spacial score (nSPS) is 9.81. The van der Waals surface area contributed by atoms with E-state index in [9.17, 15) is 19.2 Å². The third-order valence-electron chi connectivity index (χ3n) is 4.45. The lowest BCUT2D eigenvalue weighted by Gasteiger charge is -2.08. The molecule has 0 amide bonds. The number of hydrogen-bond donors (Lipinski definition) is 0. The molecule has 0 atom stereocenters. The van der Waals surface area contributed by atoms with E-state index in [1.54, 1.807) is 38.1 Å². The monoisotopic (exact) mass is 428 g/mol. The molecule has 0 aliphatic heterocycles. The Morgan fingerprint density at radius 2 is 1.03 bits per heavy atom. The number of benzene rings is 3. The summed E-state index contributed by atoms with van der Waals surface area (Å²) >= 11 is 0. The molecule has 8 heteroatoms. The van der Waals surface area contributed by atoms with E-state index < -0.39 is 11.9 Å². The zero-order chi connectivity index (χ0) is 23.1. The average molecular weight is 428 g/mol. The molecule has 3 aromatic rings. The fourth-order valence-electron chi connectivity index (χ4n) is 2.81. The van der Waals surface area contributed by atoms with Crippen LogP contribution in [0.15, 0.2) is 70.6 Å². The van der Waals surface area contributed by atoms with Crippen LogP contribution < -0.4 is 9.47 Å². The molecule has 3 rings (SSSR count). The quantitative estimate of drug-likeness (QED) is 0.244. The van der Waals surface area contributed by atoms with Crippen LogP contribution in [0.4, 0.5) is 11.4 Å². The maximum atomic E-state index is 12.4. The molecule has 0 radical (unpaired) electrons. The van der Waals surface area contributed by atoms with Gasteiger partial charge in [0.2, 0.25) is 12.2 Å². The Morgan fingerprint density at radius 1 is 0.656 bits per heavy atom. The molecule has 0 N–H and O–H groups in total. The number of isocyanates is 2. The maximum absolute atomic E-state index is 12.4. The Bertz CT molecular complexity index is 1180. The molecule has 0 aromatic heterocycles. The van der Waals surface area contributed by atoms with Crippen LogP contribution in [-0.4, -0.2) is 24.1 Å². The average Bonchev–Trinajstić information content (AvgIpc) is 2.78. The second-order valence-electron chi connectivity index (χ2n) is 6.66. The first-order valence-corrected chi connectivity index (χ1v) is 9.32. The zero-order valence-corrected chi connectivity index (χ0v) is 17.1. The van der Waals surface area contributed by atoms with Crippen LogP contribution >= 0.6 is 0 Å². The highest BCUT2D eigenvalue weighted by Gasteiger charge is 2.13. The summed E-state index contributed by atoms with van der Waals surface area (Å²) in [5.74, 6) is -0.645. The fraction of sp³-hybridized carbons (Fsp3) is 0.0833. The number of hydrogen-bond acceptors (Lipinski definition) is 8. The largest absolute Gasteiger partial charge is 0.423 e. The lowest BCUT2D eigenvalue weighted by atomic mass is 10.1. The van der Waals surface area contributed by atoms with Crippen molar-refractivity contribution in [1.82, 2.24) is 0 Å². The Kier molecular flexibility index (Phi) is 6.83. The molecule has 0 bridgehead atoms. The number of rotatable bonds is 6. The Labute approximate surface area is 182 Å². The number of ether oxygens (including phenoxy) is 2. The molecule has 0 aliphatic rings. The molecule has 0 fully saturated rings. The van der Waals surface area contributed by atoms with Gasteiger partial charge in [-0.05, 0) is 85.6 Å². The Hall–Kier alpha value is -4.64. The van der Waals surface area contributed by atoms with Crippen molar-refractivity contribution in [1.29, 1.82) is 0 Å². The highest BCUT2D eigenvalue weighted by molar-refractivity contribution is 5.95. The van der Waals surface area contributed by atoms with Gasteiger partial charge in [0, 0.05) is 0 Å². The van der Waals surface area contributed by atoms with E-state index in [-0.39, 0.29) is 11.1 Å². The molecule has 0 heterocycles. The standard InChI is InChI=1S/C24H16N2O6/c1-15-11-19(7-9-21(15)25-13-27)31-23(29)17-3-5-18(6-4-17)24(30)32-20-8-10-22(26-14-28)16(2)12-20/h3-12H,1-2H3. The SMILES string of the molecule is Cc1cc(OC(=O)c2ccc(C(=O)Oc3ccc(N=C=O)c(C)c3)cc2)ccc1N=C=O. The summed E-state index contributed by atoms with van der Waals surface area (Å²) in [5, 5.41) is 0. The van der Waals surface area contributed by atoms with Crippen molar-refractivity contribution in [2.45, 2.75) is 13.8 Å². The molecular weight excluding hydrogens is 412 g/mol. The summed E-state index contributed by atoms with van der Waals surface area (Å²) in [6, 6.07) is 15.1. The summed E-state index contributed by atoms with van der Waals surface area (Å²) < 4.78 is 10.6. The molecule has 158 valence electrons. The van der Waals surface area contributed by atoms with Crippen LogP contribution in [0.2, 0.25) is 0 Å². The van der Waals surface area contributed by atoms with Crippen molar-refractivity contribution < 1.29 is 28.7 Å². The highest BCUT2D eigenvalue weighted by atomic mass is 16.5. The van der Waals surface area contributed by atoms with Gasteiger partial charge in [0.05, 0.1) is 22.5 Å². The number of nitrogens with zero attached hydrogens (tertiary/aromatic N) is 2. The Morgan fingerprint density at radius 3 is 1.34 bits per heavy atom. The first-order valence-electron chi connectivity index (χ1n) is 9.32. The molecule has 3 aromatic carbocycles. The topological polar surface area (TPSA) is 111 Å². The van der Waals surface area contributed by atoms with Gasteiger partial charge in [0.15, 0.2) is 0 Å². The van der Waals surface area contributed by atoms with E-state index in [2.05, 4.69) is 9.98 Å². The molecule has 0 unspecified atom stereocenters. The smallest absolute Gasteiger partial charge is 0.343 e. The van der Waals surface area contributed by atoms with E-state index in [4.69, 9.17) is 9.47 Å². The van der Waals surface area contributed by atoms with Gasteiger partial charge in [-0.1, -0.05) is 0 Å². The van der Waals surface area contributed by atoms with Crippen molar-refractivity contribution in [2.24, 2.45) is 9.98 Å². The molecule has 8 nitrogen and oxygen atoms in total. The van der Waals surface area contributed by atoms with Crippen LogP contribution in [0.5, 0.6) is 11.5 Å². The van der Waals surface area contributed by atoms with Crippen LogP contribution in [0.1, 0.15) is 31.8 Å². The summed E-state index contributed by atoms with van der Waals surface area (Å²) in [6.45, 7) is 3.44. The number of aliphatic imine (C=N–C) groups is 2. The van der Waals surface area contributed by atoms with Crippen molar-refractivity contribution in [3.05, 3.63) is 82.9 Å². The summed E-state index contributed by atoms with van der Waals surface area (Å²) in [5.41, 5.74) is 2.64. The fourth-order valence-corrected chi connectivity index (χ4v) is 2.81.